The molecule has 0 aliphatic heterocycles. The standard InChI is InChI=1S/C17H32O/c18-16-12-7-5-3-1-2-4-6-9-13-17-14-10-8-11-15-17/h16-17H,1-15H2. The molecule has 0 aromatic carbocycles. The molecule has 0 radical (unpaired) electrons. The average molecular weight is 252 g/mol. The molecule has 1 aliphatic rings. The smallest absolute Gasteiger partial charge is 0.119 e. The quantitative estimate of drug-likeness (QED) is 0.342. The van der Waals surface area contributed by atoms with E-state index in [0.717, 1.165) is 25.0 Å². The maximum Gasteiger partial charge on any atom is 0.119 e. The lowest BCUT2D eigenvalue weighted by molar-refractivity contribution is -0.107. The largest absolute Gasteiger partial charge is 0.303 e. The summed E-state index contributed by atoms with van der Waals surface area (Å²) >= 11 is 0. The van der Waals surface area contributed by atoms with Gasteiger partial charge in [-0.15, -0.1) is 0 Å². The van der Waals surface area contributed by atoms with Crippen molar-refractivity contribution in [3.8, 4) is 0 Å². The van der Waals surface area contributed by atoms with Crippen LogP contribution in [-0.2, 0) is 4.79 Å². The van der Waals surface area contributed by atoms with Gasteiger partial charge in [-0.2, -0.15) is 0 Å². The Morgan fingerprint density at radius 2 is 1.28 bits per heavy atom. The predicted octanol–water partition coefficient (Wildman–Crippen LogP) is 5.67. The van der Waals surface area contributed by atoms with Crippen molar-refractivity contribution in [2.45, 2.75) is 96.3 Å². The van der Waals surface area contributed by atoms with E-state index in [2.05, 4.69) is 0 Å². The van der Waals surface area contributed by atoms with Crippen molar-refractivity contribution in [3.63, 3.8) is 0 Å². The predicted molar refractivity (Wildman–Crippen MR) is 78.8 cm³/mol. The lowest BCUT2D eigenvalue weighted by Crippen LogP contribution is -2.05. The summed E-state index contributed by atoms with van der Waals surface area (Å²) in [6.07, 6.45) is 21.6. The van der Waals surface area contributed by atoms with Gasteiger partial charge in [-0.1, -0.05) is 83.5 Å². The Morgan fingerprint density at radius 3 is 1.89 bits per heavy atom. The molecule has 1 rings (SSSR count). The zero-order chi connectivity index (χ0) is 12.9. The summed E-state index contributed by atoms with van der Waals surface area (Å²) in [4.78, 5) is 10.1. The number of carbonyl (C=O) groups excluding carboxylic acids is 1. The van der Waals surface area contributed by atoms with Crippen LogP contribution in [0.15, 0.2) is 0 Å². The Bertz CT molecular complexity index is 182. The molecule has 0 atom stereocenters. The minimum absolute atomic E-state index is 0.765. The van der Waals surface area contributed by atoms with Gasteiger partial charge in [0.1, 0.15) is 6.29 Å². The summed E-state index contributed by atoms with van der Waals surface area (Å²) in [5, 5.41) is 0. The van der Waals surface area contributed by atoms with Gasteiger partial charge in [0.2, 0.25) is 0 Å². The molecule has 0 aromatic rings. The monoisotopic (exact) mass is 252 g/mol. The number of hydrogen-bond acceptors (Lipinski definition) is 1. The molecule has 0 spiro atoms. The molecule has 1 fully saturated rings. The summed E-state index contributed by atoms with van der Waals surface area (Å²) in [7, 11) is 0. The third-order valence-electron chi connectivity index (χ3n) is 4.41. The minimum atomic E-state index is 0.765. The van der Waals surface area contributed by atoms with Gasteiger partial charge in [-0.05, 0) is 12.3 Å². The molecular weight excluding hydrogens is 220 g/mol. The highest BCUT2D eigenvalue weighted by atomic mass is 16.1. The first-order valence-corrected chi connectivity index (χ1v) is 8.37. The Hall–Kier alpha value is -0.330. The summed E-state index contributed by atoms with van der Waals surface area (Å²) in [6, 6.07) is 0. The molecule has 0 heterocycles. The lowest BCUT2D eigenvalue weighted by Gasteiger charge is -2.21. The van der Waals surface area contributed by atoms with Gasteiger partial charge < -0.3 is 4.79 Å². The normalized spacial score (nSPS) is 16.9. The second-order valence-corrected chi connectivity index (χ2v) is 6.08. The van der Waals surface area contributed by atoms with Gasteiger partial charge >= 0.3 is 0 Å². The Kier molecular flexibility index (Phi) is 10.3. The molecule has 106 valence electrons. The van der Waals surface area contributed by atoms with E-state index < -0.39 is 0 Å². The van der Waals surface area contributed by atoms with Crippen LogP contribution in [0, 0.1) is 5.92 Å². The molecule has 0 amide bonds. The summed E-state index contributed by atoms with van der Waals surface area (Å²) in [5.74, 6) is 1.07. The second kappa shape index (κ2) is 11.7. The van der Waals surface area contributed by atoms with E-state index in [4.69, 9.17) is 0 Å². The Morgan fingerprint density at radius 1 is 0.722 bits per heavy atom. The van der Waals surface area contributed by atoms with Crippen LogP contribution in [0.4, 0.5) is 0 Å². The molecule has 1 aliphatic carbocycles. The van der Waals surface area contributed by atoms with Crippen molar-refractivity contribution in [2.24, 2.45) is 5.92 Å². The highest BCUT2D eigenvalue weighted by Crippen LogP contribution is 2.28. The molecule has 0 N–H and O–H groups in total. The van der Waals surface area contributed by atoms with Crippen LogP contribution < -0.4 is 0 Å². The van der Waals surface area contributed by atoms with Gasteiger partial charge in [-0.25, -0.2) is 0 Å². The maximum atomic E-state index is 10.1. The first kappa shape index (κ1) is 15.7. The van der Waals surface area contributed by atoms with Crippen molar-refractivity contribution < 1.29 is 4.79 Å². The third-order valence-corrected chi connectivity index (χ3v) is 4.41. The van der Waals surface area contributed by atoms with E-state index in [1.165, 1.54) is 83.5 Å². The highest BCUT2D eigenvalue weighted by Gasteiger charge is 2.12. The fourth-order valence-electron chi connectivity index (χ4n) is 3.20. The Labute approximate surface area is 114 Å². The second-order valence-electron chi connectivity index (χ2n) is 6.08. The zero-order valence-electron chi connectivity index (χ0n) is 12.2. The lowest BCUT2D eigenvalue weighted by atomic mass is 9.85. The molecule has 0 saturated heterocycles. The van der Waals surface area contributed by atoms with E-state index >= 15 is 0 Å². The Balaban J connectivity index is 1.74. The molecule has 1 nitrogen and oxygen atoms in total. The van der Waals surface area contributed by atoms with Crippen molar-refractivity contribution in [2.75, 3.05) is 0 Å². The van der Waals surface area contributed by atoms with E-state index in [-0.39, 0.29) is 0 Å². The van der Waals surface area contributed by atoms with Crippen LogP contribution in [0.3, 0.4) is 0 Å². The van der Waals surface area contributed by atoms with Gasteiger partial charge in [0.05, 0.1) is 0 Å². The topological polar surface area (TPSA) is 17.1 Å². The van der Waals surface area contributed by atoms with Gasteiger partial charge in [-0.3, -0.25) is 0 Å². The van der Waals surface area contributed by atoms with Crippen LogP contribution >= 0.6 is 0 Å². The van der Waals surface area contributed by atoms with E-state index in [1.807, 2.05) is 0 Å². The van der Waals surface area contributed by atoms with Crippen molar-refractivity contribution in [3.05, 3.63) is 0 Å². The fourth-order valence-corrected chi connectivity index (χ4v) is 3.20. The van der Waals surface area contributed by atoms with Crippen LogP contribution in [-0.4, -0.2) is 6.29 Å². The number of rotatable bonds is 11. The summed E-state index contributed by atoms with van der Waals surface area (Å²) in [6.45, 7) is 0. The highest BCUT2D eigenvalue weighted by molar-refractivity contribution is 5.48. The molecule has 0 unspecified atom stereocenters. The van der Waals surface area contributed by atoms with E-state index in [0.29, 0.717) is 0 Å². The van der Waals surface area contributed by atoms with Crippen LogP contribution in [0.25, 0.3) is 0 Å². The average Bonchev–Trinajstić information content (AvgIpc) is 2.42. The number of carbonyl (C=O) groups is 1. The van der Waals surface area contributed by atoms with Gasteiger partial charge in [0.25, 0.3) is 0 Å². The van der Waals surface area contributed by atoms with Gasteiger partial charge in [0, 0.05) is 6.42 Å². The first-order chi connectivity index (χ1) is 8.93. The van der Waals surface area contributed by atoms with Crippen molar-refractivity contribution in [1.82, 2.24) is 0 Å². The summed E-state index contributed by atoms with van der Waals surface area (Å²) in [5.41, 5.74) is 0. The number of hydrogen-bond donors (Lipinski definition) is 0. The van der Waals surface area contributed by atoms with E-state index in [1.54, 1.807) is 0 Å². The van der Waals surface area contributed by atoms with Crippen LogP contribution in [0.1, 0.15) is 96.3 Å². The maximum absolute atomic E-state index is 10.1. The fraction of sp³-hybridized carbons (Fsp3) is 0.941. The molecule has 1 saturated carbocycles. The number of unbranched alkanes of at least 4 members (excludes halogenated alkanes) is 8. The molecular formula is C17H32O. The SMILES string of the molecule is O=CCCCCCCCCCCC1CCCCC1. The van der Waals surface area contributed by atoms with Gasteiger partial charge in [0.15, 0.2) is 0 Å². The zero-order valence-corrected chi connectivity index (χ0v) is 12.2. The van der Waals surface area contributed by atoms with E-state index in [9.17, 15) is 4.79 Å². The van der Waals surface area contributed by atoms with Crippen LogP contribution in [0.2, 0.25) is 0 Å². The third kappa shape index (κ3) is 8.72. The minimum Gasteiger partial charge on any atom is -0.303 e. The molecule has 0 bridgehead atoms. The molecule has 1 heteroatoms. The molecule has 0 aromatic heterocycles. The summed E-state index contributed by atoms with van der Waals surface area (Å²) < 4.78 is 0. The first-order valence-electron chi connectivity index (χ1n) is 8.37. The van der Waals surface area contributed by atoms with Crippen molar-refractivity contribution >= 4 is 6.29 Å². The molecule has 18 heavy (non-hydrogen) atoms. The van der Waals surface area contributed by atoms with Crippen LogP contribution in [0.5, 0.6) is 0 Å². The number of aldehydes is 1. The van der Waals surface area contributed by atoms with Crippen molar-refractivity contribution in [1.29, 1.82) is 0 Å².